The van der Waals surface area contributed by atoms with Gasteiger partial charge in [-0.15, -0.1) is 0 Å². The van der Waals surface area contributed by atoms with Crippen LogP contribution in [0.25, 0.3) is 0 Å². The molecule has 4 amide bonds. The molecule has 0 radical (unpaired) electrons. The summed E-state index contributed by atoms with van der Waals surface area (Å²) in [5.74, 6) is -0.584. The number of carbonyl (C=O) groups is 3. The van der Waals surface area contributed by atoms with Gasteiger partial charge in [-0.05, 0) is 31.0 Å². The maximum Gasteiger partial charge on any atom is 0.315 e. The molecule has 3 N–H and O–H groups in total. The number of hydrogen-bond donors (Lipinski definition) is 3. The number of nitrogens with one attached hydrogen (secondary N) is 3. The number of benzene rings is 1. The van der Waals surface area contributed by atoms with Crippen LogP contribution in [-0.2, 0) is 9.59 Å². The highest BCUT2D eigenvalue weighted by molar-refractivity contribution is 6.42. The Morgan fingerprint density at radius 2 is 1.82 bits per heavy atom. The van der Waals surface area contributed by atoms with Gasteiger partial charge >= 0.3 is 6.03 Å². The molecular formula is C19H26Cl2N4O3. The van der Waals surface area contributed by atoms with Crippen LogP contribution in [0.3, 0.4) is 0 Å². The molecule has 0 unspecified atom stereocenters. The van der Waals surface area contributed by atoms with Gasteiger partial charge in [0.15, 0.2) is 0 Å². The number of likely N-dealkylation sites (N-methyl/N-ethyl adjacent to an activating group) is 1. The second-order valence-electron chi connectivity index (χ2n) is 6.91. The van der Waals surface area contributed by atoms with Crippen LogP contribution in [0.1, 0.15) is 38.5 Å². The number of urea groups is 1. The van der Waals surface area contributed by atoms with Crippen molar-refractivity contribution in [2.24, 2.45) is 0 Å². The number of carbonyl (C=O) groups excluding carboxylic acids is 3. The molecule has 9 heteroatoms. The lowest BCUT2D eigenvalue weighted by Gasteiger charge is -2.23. The molecule has 0 spiro atoms. The number of nitrogens with zero attached hydrogens (tertiary/aromatic N) is 1. The van der Waals surface area contributed by atoms with Crippen molar-refractivity contribution in [2.75, 3.05) is 25.5 Å². The Bertz CT molecular complexity index is 708. The lowest BCUT2D eigenvalue weighted by molar-refractivity contribution is -0.133. The van der Waals surface area contributed by atoms with Crippen LogP contribution in [0.15, 0.2) is 18.2 Å². The summed E-state index contributed by atoms with van der Waals surface area (Å²) < 4.78 is 0. The standard InChI is InChI=1S/C19H26Cl2N4O3/c1-25(12-17(26)23-14-7-8-15(20)16(21)11-14)18(27)9-10-22-19(28)24-13-5-3-2-4-6-13/h7-8,11,13H,2-6,9-10,12H2,1H3,(H,23,26)(H2,22,24,28). The third-order valence-corrected chi connectivity index (χ3v) is 5.31. The fourth-order valence-electron chi connectivity index (χ4n) is 3.04. The van der Waals surface area contributed by atoms with Crippen molar-refractivity contribution in [1.82, 2.24) is 15.5 Å². The van der Waals surface area contributed by atoms with Crippen LogP contribution in [0.5, 0.6) is 0 Å². The van der Waals surface area contributed by atoms with Crippen LogP contribution in [0.4, 0.5) is 10.5 Å². The largest absolute Gasteiger partial charge is 0.338 e. The van der Waals surface area contributed by atoms with Crippen LogP contribution < -0.4 is 16.0 Å². The Kier molecular flexibility index (Phi) is 8.86. The van der Waals surface area contributed by atoms with E-state index in [1.807, 2.05) is 0 Å². The third kappa shape index (κ3) is 7.56. The zero-order valence-electron chi connectivity index (χ0n) is 15.9. The first-order valence-corrected chi connectivity index (χ1v) is 10.1. The minimum atomic E-state index is -0.350. The van der Waals surface area contributed by atoms with Crippen LogP contribution >= 0.6 is 23.2 Å². The summed E-state index contributed by atoms with van der Waals surface area (Å²) in [4.78, 5) is 37.4. The fourth-order valence-corrected chi connectivity index (χ4v) is 3.33. The minimum Gasteiger partial charge on any atom is -0.338 e. The van der Waals surface area contributed by atoms with Crippen molar-refractivity contribution in [1.29, 1.82) is 0 Å². The van der Waals surface area contributed by atoms with Gasteiger partial charge in [-0.1, -0.05) is 42.5 Å². The fraction of sp³-hybridized carbons (Fsp3) is 0.526. The van der Waals surface area contributed by atoms with E-state index in [2.05, 4.69) is 16.0 Å². The molecule has 0 heterocycles. The highest BCUT2D eigenvalue weighted by Crippen LogP contribution is 2.24. The molecule has 1 aromatic carbocycles. The summed E-state index contributed by atoms with van der Waals surface area (Å²) in [5.41, 5.74) is 0.501. The molecule has 0 bridgehead atoms. The first kappa shape index (κ1) is 22.3. The maximum absolute atomic E-state index is 12.1. The summed E-state index contributed by atoms with van der Waals surface area (Å²) in [6.45, 7) is 0.115. The van der Waals surface area contributed by atoms with Crippen LogP contribution in [-0.4, -0.2) is 48.9 Å². The first-order chi connectivity index (χ1) is 13.3. The normalized spacial score (nSPS) is 14.2. The number of hydrogen-bond acceptors (Lipinski definition) is 3. The van der Waals surface area contributed by atoms with E-state index < -0.39 is 0 Å². The Hall–Kier alpha value is -1.99. The molecule has 154 valence electrons. The van der Waals surface area contributed by atoms with Crippen LogP contribution in [0, 0.1) is 0 Å². The van der Waals surface area contributed by atoms with Crippen molar-refractivity contribution in [2.45, 2.75) is 44.6 Å². The smallest absolute Gasteiger partial charge is 0.315 e. The van der Waals surface area contributed by atoms with Crippen molar-refractivity contribution in [3.05, 3.63) is 28.2 Å². The van der Waals surface area contributed by atoms with Crippen molar-refractivity contribution in [3.63, 3.8) is 0 Å². The topological polar surface area (TPSA) is 90.5 Å². The van der Waals surface area contributed by atoms with Gasteiger partial charge in [0.25, 0.3) is 0 Å². The molecule has 1 fully saturated rings. The van der Waals surface area contributed by atoms with Gasteiger partial charge in [0, 0.05) is 31.7 Å². The second kappa shape index (κ2) is 11.1. The van der Waals surface area contributed by atoms with E-state index in [9.17, 15) is 14.4 Å². The average Bonchev–Trinajstić information content (AvgIpc) is 2.65. The third-order valence-electron chi connectivity index (χ3n) is 4.57. The van der Waals surface area contributed by atoms with Gasteiger partial charge in [0.1, 0.15) is 0 Å². The van der Waals surface area contributed by atoms with E-state index in [4.69, 9.17) is 23.2 Å². The summed E-state index contributed by atoms with van der Waals surface area (Å²) in [6, 6.07) is 4.72. The summed E-state index contributed by atoms with van der Waals surface area (Å²) >= 11 is 11.7. The predicted molar refractivity (Wildman–Crippen MR) is 111 cm³/mol. The molecule has 0 saturated heterocycles. The molecule has 2 rings (SSSR count). The number of anilines is 1. The lowest BCUT2D eigenvalue weighted by atomic mass is 9.96. The number of halogens is 2. The zero-order chi connectivity index (χ0) is 20.5. The van der Waals surface area contributed by atoms with Crippen molar-refractivity contribution < 1.29 is 14.4 Å². The summed E-state index contributed by atoms with van der Waals surface area (Å²) in [6.07, 6.45) is 5.62. The molecule has 0 atom stereocenters. The first-order valence-electron chi connectivity index (χ1n) is 9.38. The van der Waals surface area contributed by atoms with Gasteiger partial charge in [-0.3, -0.25) is 9.59 Å². The highest BCUT2D eigenvalue weighted by Gasteiger charge is 2.16. The molecule has 1 aromatic rings. The van der Waals surface area contributed by atoms with Gasteiger partial charge in [0.05, 0.1) is 16.6 Å². The lowest BCUT2D eigenvalue weighted by Crippen LogP contribution is -2.44. The summed E-state index contributed by atoms with van der Waals surface area (Å²) in [5, 5.41) is 9.02. The molecule has 1 saturated carbocycles. The number of amides is 4. The maximum atomic E-state index is 12.1. The second-order valence-corrected chi connectivity index (χ2v) is 7.73. The van der Waals surface area contributed by atoms with E-state index in [1.165, 1.54) is 11.3 Å². The van der Waals surface area contributed by atoms with E-state index >= 15 is 0 Å². The Balaban J connectivity index is 1.66. The molecule has 0 aliphatic heterocycles. The van der Waals surface area contributed by atoms with Gasteiger partial charge in [-0.2, -0.15) is 0 Å². The molecular weight excluding hydrogens is 403 g/mol. The number of rotatable bonds is 7. The molecule has 28 heavy (non-hydrogen) atoms. The molecule has 7 nitrogen and oxygen atoms in total. The van der Waals surface area contributed by atoms with Crippen molar-refractivity contribution in [3.8, 4) is 0 Å². The zero-order valence-corrected chi connectivity index (χ0v) is 17.4. The quantitative estimate of drug-likeness (QED) is 0.621. The molecule has 1 aliphatic carbocycles. The Morgan fingerprint density at radius 3 is 2.50 bits per heavy atom. The van der Waals surface area contributed by atoms with Gasteiger partial charge in [0.2, 0.25) is 11.8 Å². The Morgan fingerprint density at radius 1 is 1.11 bits per heavy atom. The van der Waals surface area contributed by atoms with Crippen molar-refractivity contribution >= 4 is 46.7 Å². The van der Waals surface area contributed by atoms with Crippen LogP contribution in [0.2, 0.25) is 10.0 Å². The minimum absolute atomic E-state index is 0.104. The van der Waals surface area contributed by atoms with E-state index in [0.29, 0.717) is 15.7 Å². The monoisotopic (exact) mass is 428 g/mol. The Labute approximate surface area is 175 Å². The predicted octanol–water partition coefficient (Wildman–Crippen LogP) is 3.41. The summed E-state index contributed by atoms with van der Waals surface area (Å²) in [7, 11) is 1.54. The van der Waals surface area contributed by atoms with Gasteiger partial charge in [-0.25, -0.2) is 4.79 Å². The van der Waals surface area contributed by atoms with E-state index in [0.717, 1.165) is 25.7 Å². The highest BCUT2D eigenvalue weighted by atomic mass is 35.5. The van der Waals surface area contributed by atoms with E-state index in [1.54, 1.807) is 25.2 Å². The van der Waals surface area contributed by atoms with E-state index in [-0.39, 0.29) is 43.4 Å². The molecule has 1 aliphatic rings. The average molecular weight is 429 g/mol. The van der Waals surface area contributed by atoms with Gasteiger partial charge < -0.3 is 20.9 Å². The SMILES string of the molecule is CN(CC(=O)Nc1ccc(Cl)c(Cl)c1)C(=O)CCNC(=O)NC1CCCCC1. The molecule has 0 aromatic heterocycles.